The van der Waals surface area contributed by atoms with Crippen LogP contribution in [0.2, 0.25) is 0 Å². The molecule has 0 spiro atoms. The molecular formula is C59H86N8O8. The Balaban J connectivity index is 1.23. The van der Waals surface area contributed by atoms with Gasteiger partial charge in [0.15, 0.2) is 12.1 Å². The number of fused-ring (bicyclic) bond motifs is 1. The van der Waals surface area contributed by atoms with Gasteiger partial charge in [-0.25, -0.2) is 4.68 Å². The summed E-state index contributed by atoms with van der Waals surface area (Å²) in [6.07, 6.45) is 9.82. The van der Waals surface area contributed by atoms with Crippen LogP contribution in [0.15, 0.2) is 90.8 Å². The molecule has 0 unspecified atom stereocenters. The molecule has 3 N–H and O–H groups in total. The number of allylic oxidation sites excluding steroid dienone is 3. The van der Waals surface area contributed by atoms with Crippen LogP contribution in [-0.4, -0.2) is 165 Å². The number of nitrogens with zero attached hydrogens (tertiary/aromatic N) is 8. The number of ketones is 1. The van der Waals surface area contributed by atoms with Crippen molar-refractivity contribution in [2.75, 3.05) is 59.3 Å². The van der Waals surface area contributed by atoms with Crippen LogP contribution in [0.25, 0.3) is 16.6 Å². The summed E-state index contributed by atoms with van der Waals surface area (Å²) < 4.78 is 21.4. The molecule has 2 saturated heterocycles. The van der Waals surface area contributed by atoms with Crippen LogP contribution in [0.5, 0.6) is 0 Å². The first-order valence-electron chi connectivity index (χ1n) is 27.6. The summed E-state index contributed by atoms with van der Waals surface area (Å²) in [5.74, 6) is -2.25. The molecule has 0 amide bonds. The van der Waals surface area contributed by atoms with E-state index >= 15 is 0 Å². The minimum absolute atomic E-state index is 0.0402. The Bertz CT molecular complexity index is 2490. The summed E-state index contributed by atoms with van der Waals surface area (Å²) >= 11 is 0. The maximum atomic E-state index is 14.4. The third-order valence-electron chi connectivity index (χ3n) is 15.8. The van der Waals surface area contributed by atoms with Gasteiger partial charge in [0.05, 0.1) is 66.2 Å². The Morgan fingerprint density at radius 2 is 1.60 bits per heavy atom. The summed E-state index contributed by atoms with van der Waals surface area (Å²) in [4.78, 5) is 41.8. The molecule has 4 aromatic rings. The number of aromatic nitrogens is 4. The van der Waals surface area contributed by atoms with Gasteiger partial charge in [-0.2, -0.15) is 0 Å². The monoisotopic (exact) mass is 1030 g/mol. The number of anilines is 1. The number of carbonyl (C=O) groups excluding carboxylic acids is 2. The Hall–Kier alpha value is -4.91. The van der Waals surface area contributed by atoms with Crippen LogP contribution in [-0.2, 0) is 36.9 Å². The number of hydrogen-bond acceptors (Lipinski definition) is 15. The van der Waals surface area contributed by atoms with Gasteiger partial charge in [-0.3, -0.25) is 19.5 Å². The first-order valence-corrected chi connectivity index (χ1v) is 27.6. The highest BCUT2D eigenvalue weighted by Crippen LogP contribution is 2.35. The Labute approximate surface area is 445 Å². The van der Waals surface area contributed by atoms with Crippen molar-refractivity contribution in [3.8, 4) is 5.69 Å². The van der Waals surface area contributed by atoms with Crippen molar-refractivity contribution in [1.82, 2.24) is 34.7 Å². The van der Waals surface area contributed by atoms with Crippen molar-refractivity contribution in [2.45, 2.75) is 154 Å². The molecular weight excluding hydrogens is 949 g/mol. The first kappa shape index (κ1) is 57.8. The fourth-order valence-corrected chi connectivity index (χ4v) is 11.3. The number of rotatable bonds is 15. The number of aliphatic hydroxyl groups excluding tert-OH is 3. The highest BCUT2D eigenvalue weighted by Gasteiger charge is 2.47. The Morgan fingerprint density at radius 1 is 0.880 bits per heavy atom. The second-order valence-electron chi connectivity index (χ2n) is 22.2. The van der Waals surface area contributed by atoms with Crippen molar-refractivity contribution in [1.29, 1.82) is 0 Å². The van der Waals surface area contributed by atoms with Gasteiger partial charge in [0.2, 0.25) is 0 Å². The lowest BCUT2D eigenvalue weighted by atomic mass is 9.79. The molecule has 16 nitrogen and oxygen atoms in total. The normalized spacial score (nSPS) is 30.4. The maximum Gasteiger partial charge on any atom is 0.308 e. The topological polar surface area (TPSA) is 179 Å². The summed E-state index contributed by atoms with van der Waals surface area (Å²) in [5.41, 5.74) is 5.51. The number of para-hydroxylation sites is 1. The van der Waals surface area contributed by atoms with E-state index in [9.17, 15) is 24.9 Å². The van der Waals surface area contributed by atoms with Gasteiger partial charge >= 0.3 is 5.97 Å². The fourth-order valence-electron chi connectivity index (χ4n) is 11.3. The summed E-state index contributed by atoms with van der Waals surface area (Å²) in [6.45, 7) is 13.8. The number of likely N-dealkylation sites (N-methyl/N-ethyl adjacent to an activating group) is 1. The number of esters is 1. The van der Waals surface area contributed by atoms with E-state index in [0.29, 0.717) is 38.9 Å². The zero-order valence-corrected chi connectivity index (χ0v) is 46.1. The molecule has 2 aromatic carbocycles. The number of pyridine rings is 1. The molecule has 0 aliphatic carbocycles. The number of cyclic esters (lactones) is 1. The molecule has 12 atom stereocenters. The molecule has 2 aromatic heterocycles. The Kier molecular flexibility index (Phi) is 21.1. The second kappa shape index (κ2) is 27.4. The van der Waals surface area contributed by atoms with E-state index in [1.807, 2.05) is 84.4 Å². The van der Waals surface area contributed by atoms with E-state index in [4.69, 9.17) is 14.2 Å². The number of hydrogen-bond donors (Lipinski definition) is 3. The number of carbonyl (C=O) groups is 2. The Morgan fingerprint density at radius 3 is 2.31 bits per heavy atom. The molecule has 3 aliphatic rings. The van der Waals surface area contributed by atoms with Gasteiger partial charge < -0.3 is 44.2 Å². The smallest absolute Gasteiger partial charge is 0.308 e. The standard InChI is InChI=1S/C59H86N8O8/c1-10-53-46(36-65-27-16-12-11-13-17-28-65)30-39(2)20-25-51(68)40(3)31-45(58(41(4)52(69)33-54(70)74-53)75-59-57(72)55(64(8)9)56(71)42(5)73-59)26-29-66(35-43-21-23-48(24-22-43)63(6)7)37-47-38-67(62-61-47)49-32-44-18-14-15-19-50(44)60-34-49/h14-15,18-25,30,32,34,38,40-42,45-46,52-53,55-59,69,71-72H,10-13,16-17,26-29,31,33,35-37H2,1-9H3/b25-20+,39-30+/t40-,41+,42-,45+,46-,52-,53-,55+,56-,57-,58-,59+/m1/s1. The lowest BCUT2D eigenvalue weighted by molar-refractivity contribution is -0.304. The predicted molar refractivity (Wildman–Crippen MR) is 293 cm³/mol. The summed E-state index contributed by atoms with van der Waals surface area (Å²) in [5, 5.41) is 45.6. The largest absolute Gasteiger partial charge is 0.462 e. The molecule has 0 saturated carbocycles. The number of likely N-dealkylation sites (tertiary alicyclic amines) is 1. The van der Waals surface area contributed by atoms with Crippen LogP contribution in [0.3, 0.4) is 0 Å². The molecule has 5 heterocycles. The molecule has 2 fully saturated rings. The second-order valence-corrected chi connectivity index (χ2v) is 22.2. The quantitative estimate of drug-likeness (QED) is 0.100. The van der Waals surface area contributed by atoms with E-state index in [0.717, 1.165) is 71.6 Å². The van der Waals surface area contributed by atoms with E-state index in [1.54, 1.807) is 42.9 Å². The molecule has 75 heavy (non-hydrogen) atoms. The molecule has 410 valence electrons. The van der Waals surface area contributed by atoms with Crippen molar-refractivity contribution < 1.29 is 39.1 Å². The third-order valence-corrected chi connectivity index (χ3v) is 15.8. The molecule has 16 heteroatoms. The third kappa shape index (κ3) is 15.8. The SMILES string of the molecule is CC[C@H]1OC(=O)C[C@@H](O)[C@H](C)[C@@H](O[C@@H]2O[C@H](C)[C@@H](O)[C@H](N(C)C)[C@H]2O)[C@@H](CCN(Cc2ccc(N(C)C)cc2)Cc2cn(-c3cnc4ccccc4c3)nn2)C[C@@H](C)C(=O)/C=C/C(C)=C/[C@@H]1CN1CCCCCCC1. The average molecular weight is 1040 g/mol. The summed E-state index contributed by atoms with van der Waals surface area (Å²) in [6, 6.07) is 17.7. The fraction of sp³-hybridized carbons (Fsp3) is 0.610. The van der Waals surface area contributed by atoms with Crippen LogP contribution >= 0.6 is 0 Å². The number of aliphatic hydroxyl groups is 3. The lowest BCUT2D eigenvalue weighted by Crippen LogP contribution is -2.63. The van der Waals surface area contributed by atoms with Gasteiger partial charge in [0.1, 0.15) is 12.2 Å². The number of benzene rings is 2. The zero-order chi connectivity index (χ0) is 53.8. The molecule has 0 radical (unpaired) electrons. The van der Waals surface area contributed by atoms with E-state index in [-0.39, 0.29) is 18.1 Å². The highest BCUT2D eigenvalue weighted by atomic mass is 16.7. The van der Waals surface area contributed by atoms with Gasteiger partial charge in [-0.05, 0) is 122 Å². The van der Waals surface area contributed by atoms with Gasteiger partial charge in [-0.1, -0.05) is 93.3 Å². The van der Waals surface area contributed by atoms with Crippen LogP contribution in [0.1, 0.15) is 104 Å². The predicted octanol–water partition coefficient (Wildman–Crippen LogP) is 7.37. The van der Waals surface area contributed by atoms with Crippen LogP contribution in [0, 0.1) is 23.7 Å². The van der Waals surface area contributed by atoms with Crippen molar-refractivity contribution in [3.05, 3.63) is 102 Å². The zero-order valence-electron chi connectivity index (χ0n) is 46.1. The van der Waals surface area contributed by atoms with Crippen LogP contribution < -0.4 is 4.90 Å². The van der Waals surface area contributed by atoms with Crippen LogP contribution in [0.4, 0.5) is 5.69 Å². The maximum absolute atomic E-state index is 14.4. The average Bonchev–Trinajstić information content (AvgIpc) is 3.85. The van der Waals surface area contributed by atoms with E-state index in [2.05, 4.69) is 60.3 Å². The van der Waals surface area contributed by atoms with E-state index in [1.165, 1.54) is 19.3 Å². The van der Waals surface area contributed by atoms with Crippen molar-refractivity contribution >= 4 is 28.3 Å². The minimum Gasteiger partial charge on any atom is -0.462 e. The molecule has 3 aliphatic heterocycles. The molecule has 7 rings (SSSR count). The van der Waals surface area contributed by atoms with Gasteiger partial charge in [-0.15, -0.1) is 5.10 Å². The lowest BCUT2D eigenvalue weighted by Gasteiger charge is -2.46. The minimum atomic E-state index is -1.27. The first-order chi connectivity index (χ1) is 36.0. The van der Waals surface area contributed by atoms with Gasteiger partial charge in [0.25, 0.3) is 0 Å². The van der Waals surface area contributed by atoms with Crippen molar-refractivity contribution in [2.24, 2.45) is 23.7 Å². The molecule has 0 bridgehead atoms. The highest BCUT2D eigenvalue weighted by molar-refractivity contribution is 5.91. The summed E-state index contributed by atoms with van der Waals surface area (Å²) in [7, 11) is 7.61. The number of ether oxygens (including phenoxy) is 3. The van der Waals surface area contributed by atoms with Crippen molar-refractivity contribution in [3.63, 3.8) is 0 Å². The van der Waals surface area contributed by atoms with Gasteiger partial charge in [0, 0.05) is 62.6 Å². The van der Waals surface area contributed by atoms with E-state index < -0.39 is 72.7 Å².